The lowest BCUT2D eigenvalue weighted by atomic mass is 9.89. The zero-order chi connectivity index (χ0) is 22.7. The number of nitrogens with one attached hydrogen (secondary N) is 1. The van der Waals surface area contributed by atoms with Gasteiger partial charge in [0.05, 0.1) is 17.0 Å². The number of likely N-dealkylation sites (tertiary alicyclic amines) is 1. The lowest BCUT2D eigenvalue weighted by molar-refractivity contribution is 0.0708. The van der Waals surface area contributed by atoms with Crippen LogP contribution in [-0.4, -0.2) is 46.5 Å². The highest BCUT2D eigenvalue weighted by atomic mass is 32.1. The second kappa shape index (κ2) is 9.65. The van der Waals surface area contributed by atoms with Crippen molar-refractivity contribution in [1.82, 2.24) is 20.4 Å². The van der Waals surface area contributed by atoms with Gasteiger partial charge in [-0.25, -0.2) is 0 Å². The summed E-state index contributed by atoms with van der Waals surface area (Å²) in [5.41, 5.74) is 3.55. The van der Waals surface area contributed by atoms with Crippen molar-refractivity contribution < 1.29 is 14.1 Å². The molecule has 7 nitrogen and oxygen atoms in total. The average Bonchev–Trinajstić information content (AvgIpc) is 3.42. The number of nitrogens with zero attached hydrogens (tertiary/aromatic N) is 3. The van der Waals surface area contributed by atoms with Gasteiger partial charge in [-0.15, -0.1) is 11.3 Å². The lowest BCUT2D eigenvalue weighted by Crippen LogP contribution is -2.39. The molecule has 3 aromatic heterocycles. The van der Waals surface area contributed by atoms with Crippen LogP contribution >= 0.6 is 11.3 Å². The van der Waals surface area contributed by atoms with E-state index in [1.807, 2.05) is 35.4 Å². The molecule has 1 fully saturated rings. The van der Waals surface area contributed by atoms with Crippen LogP contribution in [0.25, 0.3) is 0 Å². The van der Waals surface area contributed by atoms with Gasteiger partial charge in [0.15, 0.2) is 0 Å². The molecule has 1 aliphatic rings. The molecule has 0 bridgehead atoms. The number of hydrogen-bond acceptors (Lipinski definition) is 6. The van der Waals surface area contributed by atoms with E-state index in [-0.39, 0.29) is 17.7 Å². The van der Waals surface area contributed by atoms with E-state index in [0.29, 0.717) is 42.2 Å². The molecule has 1 aliphatic heterocycles. The number of pyridine rings is 1. The molecule has 168 valence electrons. The van der Waals surface area contributed by atoms with Gasteiger partial charge in [0.25, 0.3) is 11.8 Å². The minimum atomic E-state index is -0.0849. The van der Waals surface area contributed by atoms with E-state index < -0.39 is 0 Å². The number of carbonyl (C=O) groups excluding carboxylic acids is 2. The van der Waals surface area contributed by atoms with Crippen LogP contribution in [0, 0.1) is 20.8 Å². The van der Waals surface area contributed by atoms with Crippen LogP contribution in [0.4, 0.5) is 0 Å². The highest BCUT2D eigenvalue weighted by Crippen LogP contribution is 2.30. The zero-order valence-electron chi connectivity index (χ0n) is 18.7. The van der Waals surface area contributed by atoms with Crippen LogP contribution in [0.1, 0.15) is 67.2 Å². The van der Waals surface area contributed by atoms with Crippen LogP contribution < -0.4 is 5.32 Å². The maximum Gasteiger partial charge on any atom is 0.259 e. The lowest BCUT2D eigenvalue weighted by Gasteiger charge is -2.32. The fraction of sp³-hybridized carbons (Fsp3) is 0.417. The largest absolute Gasteiger partial charge is 0.361 e. The standard InChI is InChI=1S/C24H28N4O3S/c1-15-6-7-20(23(29)25-11-8-19-5-4-14-32-19)22(26-15)18-9-12-28(13-10-18)24(30)21-16(2)27-31-17(21)3/h4-7,14,18H,8-13H2,1-3H3,(H,25,29). The van der Waals surface area contributed by atoms with E-state index in [4.69, 9.17) is 9.51 Å². The van der Waals surface area contributed by atoms with Crippen LogP contribution in [-0.2, 0) is 6.42 Å². The molecule has 0 spiro atoms. The Balaban J connectivity index is 1.42. The molecule has 1 N–H and O–H groups in total. The summed E-state index contributed by atoms with van der Waals surface area (Å²) in [5, 5.41) is 8.98. The van der Waals surface area contributed by atoms with Gasteiger partial charge < -0.3 is 14.7 Å². The molecule has 4 rings (SSSR count). The van der Waals surface area contributed by atoms with Crippen molar-refractivity contribution in [1.29, 1.82) is 0 Å². The summed E-state index contributed by atoms with van der Waals surface area (Å²) < 4.78 is 5.16. The summed E-state index contributed by atoms with van der Waals surface area (Å²) in [4.78, 5) is 33.7. The first-order valence-electron chi connectivity index (χ1n) is 10.9. The molecule has 3 aromatic rings. The van der Waals surface area contributed by atoms with E-state index in [0.717, 1.165) is 30.7 Å². The maximum absolute atomic E-state index is 12.9. The van der Waals surface area contributed by atoms with Crippen molar-refractivity contribution in [2.75, 3.05) is 19.6 Å². The molecule has 8 heteroatoms. The minimum absolute atomic E-state index is 0.0385. The van der Waals surface area contributed by atoms with Crippen LogP contribution in [0.15, 0.2) is 34.2 Å². The predicted octanol–water partition coefficient (Wildman–Crippen LogP) is 4.05. The first-order chi connectivity index (χ1) is 15.4. The molecule has 1 saturated heterocycles. The Morgan fingerprint density at radius 1 is 1.19 bits per heavy atom. The summed E-state index contributed by atoms with van der Waals surface area (Å²) >= 11 is 1.70. The molecule has 0 saturated carbocycles. The van der Waals surface area contributed by atoms with Gasteiger partial charge in [-0.3, -0.25) is 14.6 Å². The third-order valence-electron chi connectivity index (χ3n) is 5.96. The van der Waals surface area contributed by atoms with Gasteiger partial charge in [0.2, 0.25) is 0 Å². The number of carbonyl (C=O) groups is 2. The maximum atomic E-state index is 12.9. The Labute approximate surface area is 191 Å². The Morgan fingerprint density at radius 3 is 2.62 bits per heavy atom. The number of aromatic nitrogens is 2. The van der Waals surface area contributed by atoms with Crippen molar-refractivity contribution in [2.45, 2.75) is 46.0 Å². The summed E-state index contributed by atoms with van der Waals surface area (Å²) in [5.74, 6) is 0.569. The molecule has 0 atom stereocenters. The number of thiophene rings is 1. The van der Waals surface area contributed by atoms with Gasteiger partial charge in [0.1, 0.15) is 11.3 Å². The normalized spacial score (nSPS) is 14.5. The number of hydrogen-bond donors (Lipinski definition) is 1. The van der Waals surface area contributed by atoms with Gasteiger partial charge in [0, 0.05) is 36.1 Å². The van der Waals surface area contributed by atoms with Gasteiger partial charge in [-0.05, 0) is 63.6 Å². The summed E-state index contributed by atoms with van der Waals surface area (Å²) in [6, 6.07) is 7.85. The number of aryl methyl sites for hydroxylation is 3. The molecular weight excluding hydrogens is 424 g/mol. The van der Waals surface area contributed by atoms with Crippen molar-refractivity contribution in [2.24, 2.45) is 0 Å². The molecule has 2 amide bonds. The first kappa shape index (κ1) is 22.2. The minimum Gasteiger partial charge on any atom is -0.361 e. The number of amides is 2. The Morgan fingerprint density at radius 2 is 1.97 bits per heavy atom. The molecule has 0 aromatic carbocycles. The van der Waals surface area contributed by atoms with Gasteiger partial charge in [-0.1, -0.05) is 11.2 Å². The topological polar surface area (TPSA) is 88.3 Å². The highest BCUT2D eigenvalue weighted by Gasteiger charge is 2.30. The van der Waals surface area contributed by atoms with Crippen LogP contribution in [0.2, 0.25) is 0 Å². The third-order valence-corrected chi connectivity index (χ3v) is 6.90. The first-order valence-corrected chi connectivity index (χ1v) is 11.8. The second-order valence-electron chi connectivity index (χ2n) is 8.24. The van der Waals surface area contributed by atoms with Crippen molar-refractivity contribution >= 4 is 23.2 Å². The fourth-order valence-corrected chi connectivity index (χ4v) is 4.94. The molecule has 0 radical (unpaired) electrons. The molecule has 4 heterocycles. The van der Waals surface area contributed by atoms with E-state index >= 15 is 0 Å². The van der Waals surface area contributed by atoms with Crippen molar-refractivity contribution in [3.8, 4) is 0 Å². The third kappa shape index (κ3) is 4.75. The summed E-state index contributed by atoms with van der Waals surface area (Å²) in [7, 11) is 0. The van der Waals surface area contributed by atoms with Gasteiger partial charge >= 0.3 is 0 Å². The summed E-state index contributed by atoms with van der Waals surface area (Å²) in [6.45, 7) is 7.32. The van der Waals surface area contributed by atoms with E-state index in [2.05, 4.69) is 16.5 Å². The summed E-state index contributed by atoms with van der Waals surface area (Å²) in [6.07, 6.45) is 2.35. The smallest absolute Gasteiger partial charge is 0.259 e. The molecule has 32 heavy (non-hydrogen) atoms. The Kier molecular flexibility index (Phi) is 6.69. The monoisotopic (exact) mass is 452 g/mol. The zero-order valence-corrected chi connectivity index (χ0v) is 19.5. The highest BCUT2D eigenvalue weighted by molar-refractivity contribution is 7.09. The molecule has 0 unspecified atom stereocenters. The SMILES string of the molecule is Cc1ccc(C(=O)NCCc2cccs2)c(C2CCN(C(=O)c3c(C)noc3C)CC2)n1. The second-order valence-corrected chi connectivity index (χ2v) is 9.27. The van der Waals surface area contributed by atoms with E-state index in [1.54, 1.807) is 25.2 Å². The van der Waals surface area contributed by atoms with Crippen molar-refractivity contribution in [3.05, 3.63) is 68.5 Å². The van der Waals surface area contributed by atoms with Crippen LogP contribution in [0.3, 0.4) is 0 Å². The predicted molar refractivity (Wildman–Crippen MR) is 123 cm³/mol. The van der Waals surface area contributed by atoms with E-state index in [9.17, 15) is 9.59 Å². The fourth-order valence-electron chi connectivity index (χ4n) is 4.23. The van der Waals surface area contributed by atoms with Gasteiger partial charge in [-0.2, -0.15) is 0 Å². The van der Waals surface area contributed by atoms with Crippen LogP contribution in [0.5, 0.6) is 0 Å². The quantitative estimate of drug-likeness (QED) is 0.610. The number of rotatable bonds is 6. The molecular formula is C24H28N4O3S. The Bertz CT molecular complexity index is 1080. The Hall–Kier alpha value is -3.00. The average molecular weight is 453 g/mol. The molecule has 0 aliphatic carbocycles. The van der Waals surface area contributed by atoms with Crippen molar-refractivity contribution in [3.63, 3.8) is 0 Å². The number of piperidine rings is 1. The van der Waals surface area contributed by atoms with E-state index in [1.165, 1.54) is 4.88 Å².